The summed E-state index contributed by atoms with van der Waals surface area (Å²) in [5.74, 6) is -1.18. The highest BCUT2D eigenvalue weighted by Crippen LogP contribution is 1.62. The summed E-state index contributed by atoms with van der Waals surface area (Å²) in [5, 5.41) is 8.12. The normalized spacial score (nSPS) is 14.6. The lowest BCUT2D eigenvalue weighted by molar-refractivity contribution is -0.704. The lowest BCUT2D eigenvalue weighted by Gasteiger charge is -2.14. The summed E-state index contributed by atoms with van der Waals surface area (Å²) in [5.41, 5.74) is 0. The lowest BCUT2D eigenvalue weighted by Crippen LogP contribution is -3.09. The molecule has 2 N–H and O–H groups in total. The number of carbonyl (C=O) groups is 1. The molecule has 0 spiro atoms. The van der Waals surface area contributed by atoms with Gasteiger partial charge < -0.3 is 9.41 Å². The van der Waals surface area contributed by atoms with Crippen LogP contribution in [0, 0.1) is 7.05 Å². The zero-order valence-electron chi connectivity index (χ0n) is 5.49. The van der Waals surface area contributed by atoms with Crippen molar-refractivity contribution in [1.82, 2.24) is 0 Å². The molecule has 1 unspecified atom stereocenters. The van der Waals surface area contributed by atoms with E-state index in [0.29, 0.717) is 0 Å². The molecule has 0 saturated carbocycles. The molecule has 0 aromatic heterocycles. The van der Waals surface area contributed by atoms with Crippen molar-refractivity contribution in [1.29, 1.82) is 0 Å². The number of nitrogens with one attached hydrogen (secondary N) is 1. The van der Waals surface area contributed by atoms with Crippen molar-refractivity contribution in [2.45, 2.75) is 0 Å². The number of sulfonamides is 1. The second-order valence-electron chi connectivity index (χ2n) is 1.88. The van der Waals surface area contributed by atoms with Gasteiger partial charge in [-0.05, 0) is 0 Å². The van der Waals surface area contributed by atoms with E-state index < -0.39 is 22.5 Å². The highest BCUT2D eigenvalue weighted by atomic mass is 32.2. The monoisotopic (exact) mass is 167 g/mol. The Morgan fingerprint density at radius 1 is 1.70 bits per heavy atom. The Kier molecular flexibility index (Phi) is 2.79. The molecule has 0 amide bonds. The van der Waals surface area contributed by atoms with Gasteiger partial charge in [-0.15, -0.1) is 7.05 Å². The van der Waals surface area contributed by atoms with E-state index in [9.17, 15) is 13.2 Å². The van der Waals surface area contributed by atoms with Gasteiger partial charge in [0.1, 0.15) is 0 Å². The summed E-state index contributed by atoms with van der Waals surface area (Å²) in [6, 6.07) is 0. The molecule has 0 rings (SSSR count). The van der Waals surface area contributed by atoms with Gasteiger partial charge in [-0.1, -0.05) is 0 Å². The number of carboxylic acids is 1. The number of hydrogen-bond acceptors (Lipinski definition) is 3. The van der Waals surface area contributed by atoms with E-state index in [2.05, 4.69) is 7.05 Å². The molecule has 0 fully saturated rings. The summed E-state index contributed by atoms with van der Waals surface area (Å²) in [4.78, 5) is 9.93. The van der Waals surface area contributed by atoms with Crippen LogP contribution in [0.1, 0.15) is 0 Å². The number of aliphatic carboxylic acids is 1. The largest absolute Gasteiger partial charge is 0.477 e. The topological polar surface area (TPSA) is 75.9 Å². The molecule has 10 heavy (non-hydrogen) atoms. The molecule has 0 heterocycles. The van der Waals surface area contributed by atoms with Gasteiger partial charge in [0, 0.05) is 0 Å². The Hall–Kier alpha value is -0.620. The molecule has 0 saturated heterocycles. The molecular weight excluding hydrogens is 158 g/mol. The van der Waals surface area contributed by atoms with Gasteiger partial charge in [-0.3, -0.25) is 0 Å². The van der Waals surface area contributed by atoms with E-state index in [1.807, 2.05) is 0 Å². The first-order valence-electron chi connectivity index (χ1n) is 2.43. The van der Waals surface area contributed by atoms with Crippen LogP contribution in [-0.2, 0) is 14.8 Å². The van der Waals surface area contributed by atoms with Crippen molar-refractivity contribution in [3.63, 3.8) is 0 Å². The summed E-state index contributed by atoms with van der Waals surface area (Å²) >= 11 is 0. The van der Waals surface area contributed by atoms with E-state index in [1.165, 1.54) is 0 Å². The third-order valence-electron chi connectivity index (χ3n) is 0.873. The van der Waals surface area contributed by atoms with E-state index in [4.69, 9.17) is 5.11 Å². The van der Waals surface area contributed by atoms with Crippen molar-refractivity contribution in [2.75, 3.05) is 12.8 Å². The average Bonchev–Trinajstić information content (AvgIpc) is 1.60. The minimum absolute atomic E-state index is 0.264. The van der Waals surface area contributed by atoms with Crippen LogP contribution in [0.4, 0.5) is 0 Å². The van der Waals surface area contributed by atoms with Crippen molar-refractivity contribution in [2.24, 2.45) is 0 Å². The van der Waals surface area contributed by atoms with Gasteiger partial charge in [0.15, 0.2) is 6.54 Å². The highest BCUT2D eigenvalue weighted by molar-refractivity contribution is 7.84. The summed E-state index contributed by atoms with van der Waals surface area (Å²) in [7, 11) is -0.276. The summed E-state index contributed by atoms with van der Waals surface area (Å²) in [6.45, 7) is -0.515. The fourth-order valence-electron chi connectivity index (χ4n) is 0.300. The second-order valence-corrected chi connectivity index (χ2v) is 4.00. The van der Waals surface area contributed by atoms with Crippen LogP contribution in [0.15, 0.2) is 0 Å². The highest BCUT2D eigenvalue weighted by Gasteiger charge is 2.12. The molecule has 60 valence electrons. The smallest absolute Gasteiger partial charge is 0.358 e. The number of hydrogen-bond donors (Lipinski definition) is 2. The van der Waals surface area contributed by atoms with Crippen LogP contribution in [-0.4, -0.2) is 32.3 Å². The minimum Gasteiger partial charge on any atom is -0.477 e. The molecule has 0 bridgehead atoms. The Balaban J connectivity index is 4.12. The molecule has 0 aromatic rings. The first-order valence-corrected chi connectivity index (χ1v) is 4.33. The molecule has 0 aliphatic heterocycles. The number of rotatable bonds is 3. The first kappa shape index (κ1) is 9.38. The van der Waals surface area contributed by atoms with Gasteiger partial charge in [-0.25, -0.2) is 4.79 Å². The summed E-state index contributed by atoms with van der Waals surface area (Å²) < 4.78 is 20.7. The zero-order valence-corrected chi connectivity index (χ0v) is 6.31. The molecule has 5 nitrogen and oxygen atoms in total. The minimum atomic E-state index is -3.37. The van der Waals surface area contributed by atoms with Crippen molar-refractivity contribution in [3.8, 4) is 0 Å². The van der Waals surface area contributed by atoms with Crippen LogP contribution < -0.4 is 4.31 Å². The number of quaternary nitrogens is 1. The Morgan fingerprint density at radius 3 is 2.20 bits per heavy atom. The number of carboxylic acid groups (broad SMARTS) is 1. The molecule has 0 radical (unpaired) electrons. The SMILES string of the molecule is [CH2-][NH+](CC(=O)O)S(C)(=O)=O. The van der Waals surface area contributed by atoms with Crippen molar-refractivity contribution < 1.29 is 22.6 Å². The maximum absolute atomic E-state index is 10.5. The van der Waals surface area contributed by atoms with Gasteiger partial charge >= 0.3 is 5.97 Å². The van der Waals surface area contributed by atoms with Crippen molar-refractivity contribution >= 4 is 16.0 Å². The van der Waals surface area contributed by atoms with E-state index >= 15 is 0 Å². The van der Waals surface area contributed by atoms with Gasteiger partial charge in [-0.2, -0.15) is 8.42 Å². The van der Waals surface area contributed by atoms with Gasteiger partial charge in [0.2, 0.25) is 0 Å². The third-order valence-corrected chi connectivity index (χ3v) is 2.07. The molecule has 0 aliphatic rings. The predicted octanol–water partition coefficient (Wildman–Crippen LogP) is -2.29. The van der Waals surface area contributed by atoms with Crippen LogP contribution in [0.25, 0.3) is 0 Å². The fraction of sp³-hybridized carbons (Fsp3) is 0.500. The van der Waals surface area contributed by atoms with Crippen LogP contribution in [0.5, 0.6) is 0 Å². The zero-order chi connectivity index (χ0) is 8.36. The first-order chi connectivity index (χ1) is 4.34. The fourth-order valence-corrected chi connectivity index (χ4v) is 0.685. The Morgan fingerprint density at radius 2 is 2.10 bits per heavy atom. The van der Waals surface area contributed by atoms with Gasteiger partial charge in [0.25, 0.3) is 10.0 Å². The van der Waals surface area contributed by atoms with E-state index in [1.54, 1.807) is 0 Å². The average molecular weight is 167 g/mol. The van der Waals surface area contributed by atoms with Crippen molar-refractivity contribution in [3.05, 3.63) is 7.05 Å². The van der Waals surface area contributed by atoms with Crippen LogP contribution in [0.2, 0.25) is 0 Å². The Bertz CT molecular complexity index is 219. The lowest BCUT2D eigenvalue weighted by atomic mass is 10.7. The molecule has 1 atom stereocenters. The quantitative estimate of drug-likeness (QED) is 0.464. The van der Waals surface area contributed by atoms with E-state index in [-0.39, 0.29) is 4.31 Å². The molecule has 6 heteroatoms. The maximum atomic E-state index is 10.5. The summed E-state index contributed by atoms with van der Waals surface area (Å²) in [6.07, 6.45) is 0.929. The molecular formula is C4H9NO4S. The van der Waals surface area contributed by atoms with E-state index in [0.717, 1.165) is 6.26 Å². The van der Waals surface area contributed by atoms with Gasteiger partial charge in [0.05, 0.1) is 6.26 Å². The second kappa shape index (κ2) is 2.98. The Labute approximate surface area is 59.3 Å². The third kappa shape index (κ3) is 3.41. The maximum Gasteiger partial charge on any atom is 0.358 e. The van der Waals surface area contributed by atoms with Crippen LogP contribution >= 0.6 is 0 Å². The van der Waals surface area contributed by atoms with Crippen LogP contribution in [0.3, 0.4) is 0 Å². The predicted molar refractivity (Wildman–Crippen MR) is 33.7 cm³/mol. The standard InChI is InChI=1S/C4H9NO4S/c1-5(3-4(6)7)10(2,8)9/h5H,1,3H2,2H3,(H,6,7). The molecule has 0 aliphatic carbocycles. The molecule has 0 aromatic carbocycles.